The van der Waals surface area contributed by atoms with Crippen molar-refractivity contribution in [2.45, 2.75) is 18.9 Å². The molecule has 4 nitrogen and oxygen atoms in total. The van der Waals surface area contributed by atoms with Crippen LogP contribution < -0.4 is 15.4 Å². The first kappa shape index (κ1) is 12.2. The predicted octanol–water partition coefficient (Wildman–Crippen LogP) is 2.69. The Labute approximate surface area is 117 Å². The van der Waals surface area contributed by atoms with Crippen molar-refractivity contribution in [2.75, 3.05) is 12.4 Å². The Morgan fingerprint density at radius 3 is 2.95 bits per heavy atom. The van der Waals surface area contributed by atoms with Crippen molar-refractivity contribution in [3.05, 3.63) is 30.5 Å². The number of hydrogen-bond donors (Lipinski definition) is 2. The molecule has 2 N–H and O–H groups in total. The molecule has 3 rings (SSSR count). The summed E-state index contributed by atoms with van der Waals surface area (Å²) in [6.07, 6.45) is 4.16. The zero-order chi connectivity index (χ0) is 13.2. The van der Waals surface area contributed by atoms with E-state index in [-0.39, 0.29) is 0 Å². The molecular formula is C14H15N3OS. The van der Waals surface area contributed by atoms with Gasteiger partial charge in [-0.1, -0.05) is 0 Å². The van der Waals surface area contributed by atoms with Crippen LogP contribution in [0.2, 0.25) is 0 Å². The lowest BCUT2D eigenvalue weighted by molar-refractivity contribution is 0.419. The van der Waals surface area contributed by atoms with Crippen LogP contribution in [0.25, 0.3) is 10.9 Å². The van der Waals surface area contributed by atoms with Crippen molar-refractivity contribution < 1.29 is 4.74 Å². The quantitative estimate of drug-likeness (QED) is 0.842. The zero-order valence-electron chi connectivity index (χ0n) is 10.6. The second-order valence-electron chi connectivity index (χ2n) is 4.59. The number of thiocarbonyl (C=S) groups is 1. The average molecular weight is 273 g/mol. The number of pyridine rings is 1. The molecule has 0 spiro atoms. The number of anilines is 1. The Balaban J connectivity index is 1.92. The van der Waals surface area contributed by atoms with Gasteiger partial charge >= 0.3 is 0 Å². The highest BCUT2D eigenvalue weighted by Gasteiger charge is 2.22. The van der Waals surface area contributed by atoms with Crippen molar-refractivity contribution in [2.24, 2.45) is 0 Å². The first-order chi connectivity index (χ1) is 9.28. The van der Waals surface area contributed by atoms with Gasteiger partial charge < -0.3 is 15.4 Å². The molecule has 1 saturated carbocycles. The van der Waals surface area contributed by atoms with E-state index in [0.29, 0.717) is 11.2 Å². The van der Waals surface area contributed by atoms with Gasteiger partial charge in [-0.25, -0.2) is 0 Å². The average Bonchev–Trinajstić information content (AvgIpc) is 3.23. The fourth-order valence-corrected chi connectivity index (χ4v) is 2.27. The van der Waals surface area contributed by atoms with Crippen LogP contribution in [0, 0.1) is 0 Å². The molecule has 0 radical (unpaired) electrons. The summed E-state index contributed by atoms with van der Waals surface area (Å²) in [5.74, 6) is 0.766. The van der Waals surface area contributed by atoms with Gasteiger partial charge in [0.1, 0.15) is 11.3 Å². The highest BCUT2D eigenvalue weighted by atomic mass is 32.1. The first-order valence-corrected chi connectivity index (χ1v) is 6.68. The van der Waals surface area contributed by atoms with Gasteiger partial charge in [0.05, 0.1) is 7.11 Å². The summed E-state index contributed by atoms with van der Waals surface area (Å²) >= 11 is 5.30. The number of fused-ring (bicyclic) bond motifs is 1. The van der Waals surface area contributed by atoms with Crippen molar-refractivity contribution in [1.82, 2.24) is 10.3 Å². The third kappa shape index (κ3) is 2.61. The van der Waals surface area contributed by atoms with E-state index in [0.717, 1.165) is 22.3 Å². The second-order valence-corrected chi connectivity index (χ2v) is 5.00. The maximum Gasteiger partial charge on any atom is 0.171 e. The van der Waals surface area contributed by atoms with Crippen LogP contribution in [-0.2, 0) is 0 Å². The van der Waals surface area contributed by atoms with Crippen molar-refractivity contribution in [3.8, 4) is 5.75 Å². The molecule has 0 atom stereocenters. The molecule has 98 valence electrons. The molecule has 0 saturated heterocycles. The molecular weight excluding hydrogens is 258 g/mol. The molecule has 0 unspecified atom stereocenters. The number of ether oxygens (including phenoxy) is 1. The summed E-state index contributed by atoms with van der Waals surface area (Å²) in [6.45, 7) is 0. The molecule has 0 amide bonds. The Bertz CT molecular complexity index is 625. The molecule has 1 aromatic heterocycles. The normalized spacial score (nSPS) is 14.2. The number of benzene rings is 1. The summed E-state index contributed by atoms with van der Waals surface area (Å²) in [4.78, 5) is 4.36. The van der Waals surface area contributed by atoms with E-state index < -0.39 is 0 Å². The fourth-order valence-electron chi connectivity index (χ4n) is 1.99. The van der Waals surface area contributed by atoms with E-state index >= 15 is 0 Å². The van der Waals surface area contributed by atoms with Crippen LogP contribution >= 0.6 is 12.2 Å². The second kappa shape index (κ2) is 5.01. The number of hydrogen-bond acceptors (Lipinski definition) is 3. The molecule has 2 aromatic rings. The van der Waals surface area contributed by atoms with Gasteiger partial charge in [0.15, 0.2) is 5.11 Å². The fraction of sp³-hybridized carbons (Fsp3) is 0.286. The molecule has 5 heteroatoms. The standard InChI is InChI=1S/C14H15N3OS/c1-18-12-7-6-11(10-3-2-8-15-13(10)12)17-14(19)16-9-4-5-9/h2-3,6-9H,4-5H2,1H3,(H2,16,17,19). The highest BCUT2D eigenvalue weighted by Crippen LogP contribution is 2.29. The number of methoxy groups -OCH3 is 1. The van der Waals surface area contributed by atoms with Crippen molar-refractivity contribution in [3.63, 3.8) is 0 Å². The summed E-state index contributed by atoms with van der Waals surface area (Å²) in [5, 5.41) is 8.16. The van der Waals surface area contributed by atoms with Crippen LogP contribution in [0.4, 0.5) is 5.69 Å². The highest BCUT2D eigenvalue weighted by molar-refractivity contribution is 7.80. The summed E-state index contributed by atoms with van der Waals surface area (Å²) in [7, 11) is 1.65. The molecule has 1 aromatic carbocycles. The largest absolute Gasteiger partial charge is 0.494 e. The lowest BCUT2D eigenvalue weighted by Crippen LogP contribution is -2.30. The lowest BCUT2D eigenvalue weighted by Gasteiger charge is -2.13. The van der Waals surface area contributed by atoms with Gasteiger partial charge in [0.2, 0.25) is 0 Å². The van der Waals surface area contributed by atoms with Crippen LogP contribution in [0.5, 0.6) is 5.75 Å². The van der Waals surface area contributed by atoms with E-state index in [9.17, 15) is 0 Å². The first-order valence-electron chi connectivity index (χ1n) is 6.27. The van der Waals surface area contributed by atoms with Gasteiger partial charge in [-0.05, 0) is 49.3 Å². The topological polar surface area (TPSA) is 46.2 Å². The number of nitrogens with zero attached hydrogens (tertiary/aromatic N) is 1. The van der Waals surface area contributed by atoms with E-state index in [1.807, 2.05) is 24.3 Å². The Kier molecular flexibility index (Phi) is 3.21. The van der Waals surface area contributed by atoms with Crippen molar-refractivity contribution >= 4 is 33.9 Å². The smallest absolute Gasteiger partial charge is 0.171 e. The van der Waals surface area contributed by atoms with Crippen LogP contribution in [0.15, 0.2) is 30.5 Å². The summed E-state index contributed by atoms with van der Waals surface area (Å²) in [5.41, 5.74) is 1.78. The Hall–Kier alpha value is -1.88. The zero-order valence-corrected chi connectivity index (χ0v) is 11.5. The molecule has 19 heavy (non-hydrogen) atoms. The van der Waals surface area contributed by atoms with E-state index in [1.54, 1.807) is 13.3 Å². The summed E-state index contributed by atoms with van der Waals surface area (Å²) < 4.78 is 5.32. The van der Waals surface area contributed by atoms with Crippen molar-refractivity contribution in [1.29, 1.82) is 0 Å². The van der Waals surface area contributed by atoms with E-state index in [4.69, 9.17) is 17.0 Å². The van der Waals surface area contributed by atoms with Gasteiger partial charge in [-0.15, -0.1) is 0 Å². The Morgan fingerprint density at radius 1 is 1.37 bits per heavy atom. The van der Waals surface area contributed by atoms with Crippen LogP contribution in [0.3, 0.4) is 0 Å². The predicted molar refractivity (Wildman–Crippen MR) is 80.7 cm³/mol. The SMILES string of the molecule is COc1ccc(NC(=S)NC2CC2)c2cccnc12. The van der Waals surface area contributed by atoms with Gasteiger partial charge in [-0.3, -0.25) is 4.98 Å². The van der Waals surface area contributed by atoms with Gasteiger partial charge in [0, 0.05) is 23.3 Å². The van der Waals surface area contributed by atoms with E-state index in [1.165, 1.54) is 12.8 Å². The molecule has 1 aliphatic rings. The molecule has 1 heterocycles. The number of aromatic nitrogens is 1. The monoisotopic (exact) mass is 273 g/mol. The lowest BCUT2D eigenvalue weighted by atomic mass is 10.1. The maximum atomic E-state index is 5.32. The third-order valence-electron chi connectivity index (χ3n) is 3.11. The van der Waals surface area contributed by atoms with Gasteiger partial charge in [-0.2, -0.15) is 0 Å². The maximum absolute atomic E-state index is 5.32. The number of rotatable bonds is 3. The molecule has 1 fully saturated rings. The van der Waals surface area contributed by atoms with Gasteiger partial charge in [0.25, 0.3) is 0 Å². The minimum atomic E-state index is 0.544. The third-order valence-corrected chi connectivity index (χ3v) is 3.33. The van der Waals surface area contributed by atoms with Crippen LogP contribution in [0.1, 0.15) is 12.8 Å². The van der Waals surface area contributed by atoms with Crippen LogP contribution in [-0.4, -0.2) is 23.2 Å². The molecule has 1 aliphatic carbocycles. The minimum Gasteiger partial charge on any atom is -0.494 e. The Morgan fingerprint density at radius 2 is 2.21 bits per heavy atom. The summed E-state index contributed by atoms with van der Waals surface area (Å²) in [6, 6.07) is 8.32. The van der Waals surface area contributed by atoms with E-state index in [2.05, 4.69) is 15.6 Å². The molecule has 0 aliphatic heterocycles. The number of nitrogens with one attached hydrogen (secondary N) is 2. The molecule has 0 bridgehead atoms. The minimum absolute atomic E-state index is 0.544.